The molecule has 3 rings (SSSR count). The summed E-state index contributed by atoms with van der Waals surface area (Å²) >= 11 is 0. The molecule has 2 aromatic rings. The van der Waals surface area contributed by atoms with Crippen molar-refractivity contribution in [3.8, 4) is 0 Å². The van der Waals surface area contributed by atoms with Crippen LogP contribution in [0.5, 0.6) is 0 Å². The van der Waals surface area contributed by atoms with Crippen LogP contribution < -0.4 is 0 Å². The minimum Gasteiger partial charge on any atom is -0.493 e. The maximum atomic E-state index is 11.7. The van der Waals surface area contributed by atoms with Crippen LogP contribution >= 0.6 is 0 Å². The Morgan fingerprint density at radius 3 is 1.72 bits per heavy atom. The smallest absolute Gasteiger partial charge is 0.211 e. The lowest BCUT2D eigenvalue weighted by Gasteiger charge is -2.11. The summed E-state index contributed by atoms with van der Waals surface area (Å²) in [7, 11) is 0. The summed E-state index contributed by atoms with van der Waals surface area (Å²) in [6.45, 7) is 8.97. The highest BCUT2D eigenvalue weighted by atomic mass is 15.2. The van der Waals surface area contributed by atoms with Crippen LogP contribution in [-0.4, -0.2) is 4.70 Å². The topological polar surface area (TPSA) is 25.3 Å². The normalized spacial score (nSPS) is 13.8. The SMILES string of the molecule is CCCCCCCCC1=C(c2cccc(CC)c2)[N+](=[N-])C(c2cccc(CCCCCC)c2)=C1CC. The molecule has 0 N–H and O–H groups in total. The average Bonchev–Trinajstić information content (AvgIpc) is 3.19. The van der Waals surface area contributed by atoms with Gasteiger partial charge in [-0.1, -0.05) is 103 Å². The highest BCUT2D eigenvalue weighted by Crippen LogP contribution is 2.44. The Balaban J connectivity index is 1.93. The highest BCUT2D eigenvalue weighted by Gasteiger charge is 2.34. The van der Waals surface area contributed by atoms with Crippen LogP contribution in [0.2, 0.25) is 0 Å². The molecule has 0 amide bonds. The fourth-order valence-electron chi connectivity index (χ4n) is 5.55. The van der Waals surface area contributed by atoms with E-state index in [2.05, 4.69) is 76.2 Å². The first-order valence-electron chi connectivity index (χ1n) is 14.8. The second kappa shape index (κ2) is 14.9. The molecule has 194 valence electrons. The van der Waals surface area contributed by atoms with Gasteiger partial charge in [0.05, 0.1) is 0 Å². The van der Waals surface area contributed by atoms with Crippen LogP contribution in [0.15, 0.2) is 59.7 Å². The van der Waals surface area contributed by atoms with Crippen molar-refractivity contribution in [3.63, 3.8) is 0 Å². The maximum absolute atomic E-state index is 11.7. The van der Waals surface area contributed by atoms with Crippen molar-refractivity contribution in [1.29, 1.82) is 0 Å². The van der Waals surface area contributed by atoms with Gasteiger partial charge in [0.1, 0.15) is 0 Å². The number of nitrogens with zero attached hydrogens (tertiary/aromatic N) is 2. The molecule has 0 unspecified atom stereocenters. The highest BCUT2D eigenvalue weighted by molar-refractivity contribution is 5.82. The number of hydrogen-bond donors (Lipinski definition) is 0. The molecule has 0 atom stereocenters. The molecular weight excluding hydrogens is 436 g/mol. The fraction of sp³-hybridized carbons (Fsp3) is 0.529. The van der Waals surface area contributed by atoms with Crippen molar-refractivity contribution in [2.75, 3.05) is 0 Å². The summed E-state index contributed by atoms with van der Waals surface area (Å²) in [5.41, 5.74) is 21.3. The van der Waals surface area contributed by atoms with Gasteiger partial charge in [0.15, 0.2) is 0 Å². The summed E-state index contributed by atoms with van der Waals surface area (Å²) in [5.74, 6) is 0. The van der Waals surface area contributed by atoms with Crippen molar-refractivity contribution in [1.82, 2.24) is 0 Å². The van der Waals surface area contributed by atoms with Crippen LogP contribution in [-0.2, 0) is 12.8 Å². The molecule has 1 aliphatic rings. The van der Waals surface area contributed by atoms with Gasteiger partial charge in [0.2, 0.25) is 11.4 Å². The molecule has 2 nitrogen and oxygen atoms in total. The standard InChI is InChI=1S/C34H48N2/c1-5-9-11-13-14-16-24-32-31(8-4)33(30-23-18-21-28(26-30)19-15-12-10-6-2)36(35)34(32)29-22-17-20-27(7-3)25-29/h17-18,20-23,25-26H,5-16,19,24H2,1-4H3. The lowest BCUT2D eigenvalue weighted by atomic mass is 9.92. The van der Waals surface area contributed by atoms with Gasteiger partial charge in [-0.25, -0.2) is 4.70 Å². The van der Waals surface area contributed by atoms with Gasteiger partial charge >= 0.3 is 0 Å². The first kappa shape index (κ1) is 28.1. The number of unbranched alkanes of at least 4 members (excludes halogenated alkanes) is 8. The molecular formula is C34H48N2. The van der Waals surface area contributed by atoms with Crippen LogP contribution in [0, 0.1) is 0 Å². The number of allylic oxidation sites excluding steroid dienone is 2. The van der Waals surface area contributed by atoms with Crippen molar-refractivity contribution < 1.29 is 4.70 Å². The average molecular weight is 485 g/mol. The maximum Gasteiger partial charge on any atom is 0.211 e. The van der Waals surface area contributed by atoms with E-state index in [-0.39, 0.29) is 0 Å². The van der Waals surface area contributed by atoms with Crippen LogP contribution in [0.25, 0.3) is 16.9 Å². The summed E-state index contributed by atoms with van der Waals surface area (Å²) in [4.78, 5) is 0. The summed E-state index contributed by atoms with van der Waals surface area (Å²) in [5, 5.41) is 0. The van der Waals surface area contributed by atoms with E-state index in [4.69, 9.17) is 0 Å². The Labute approximate surface area is 221 Å². The first-order chi connectivity index (χ1) is 17.6. The molecule has 0 saturated carbocycles. The minimum absolute atomic E-state index is 0.926. The largest absolute Gasteiger partial charge is 0.493 e. The summed E-state index contributed by atoms with van der Waals surface area (Å²) < 4.78 is 1.52. The monoisotopic (exact) mass is 484 g/mol. The molecule has 36 heavy (non-hydrogen) atoms. The van der Waals surface area contributed by atoms with E-state index in [9.17, 15) is 5.53 Å². The Morgan fingerprint density at radius 2 is 1.08 bits per heavy atom. The summed E-state index contributed by atoms with van der Waals surface area (Å²) in [6.07, 6.45) is 16.9. The van der Waals surface area contributed by atoms with Gasteiger partial charge < -0.3 is 5.53 Å². The molecule has 0 spiro atoms. The van der Waals surface area contributed by atoms with Crippen molar-refractivity contribution in [2.24, 2.45) is 0 Å². The predicted octanol–water partition coefficient (Wildman–Crippen LogP) is 10.7. The van der Waals surface area contributed by atoms with Crippen molar-refractivity contribution in [2.45, 2.75) is 118 Å². The zero-order valence-corrected chi connectivity index (χ0v) is 23.4. The predicted molar refractivity (Wildman–Crippen MR) is 156 cm³/mol. The number of rotatable bonds is 16. The third kappa shape index (κ3) is 7.28. The van der Waals surface area contributed by atoms with E-state index in [1.165, 1.54) is 91.2 Å². The molecule has 1 heterocycles. The Bertz CT molecular complexity index is 1060. The second-order valence-electron chi connectivity index (χ2n) is 10.4. The van der Waals surface area contributed by atoms with Gasteiger partial charge in [-0.2, -0.15) is 0 Å². The van der Waals surface area contributed by atoms with Gasteiger partial charge in [-0.05, 0) is 73.9 Å². The molecule has 0 saturated heterocycles. The van der Waals surface area contributed by atoms with Gasteiger partial charge in [-0.3, -0.25) is 0 Å². The van der Waals surface area contributed by atoms with Crippen LogP contribution in [0.1, 0.15) is 127 Å². The fourth-order valence-corrected chi connectivity index (χ4v) is 5.55. The lowest BCUT2D eigenvalue weighted by molar-refractivity contribution is -0.345. The lowest BCUT2D eigenvalue weighted by Crippen LogP contribution is -2.03. The second-order valence-corrected chi connectivity index (χ2v) is 10.4. The zero-order chi connectivity index (χ0) is 25.8. The number of benzene rings is 2. The van der Waals surface area contributed by atoms with E-state index < -0.39 is 0 Å². The van der Waals surface area contributed by atoms with E-state index in [1.807, 2.05) is 0 Å². The molecule has 0 radical (unpaired) electrons. The Kier molecular flexibility index (Phi) is 11.7. The van der Waals surface area contributed by atoms with E-state index >= 15 is 0 Å². The van der Waals surface area contributed by atoms with Gasteiger partial charge in [-0.15, -0.1) is 0 Å². The van der Waals surface area contributed by atoms with Gasteiger partial charge in [0.25, 0.3) is 0 Å². The summed E-state index contributed by atoms with van der Waals surface area (Å²) in [6, 6.07) is 17.7. The molecule has 1 aliphatic heterocycles. The Morgan fingerprint density at radius 1 is 0.556 bits per heavy atom. The van der Waals surface area contributed by atoms with E-state index in [0.29, 0.717) is 0 Å². The minimum atomic E-state index is 0.926. The molecule has 0 fully saturated rings. The number of hydrogen-bond acceptors (Lipinski definition) is 0. The third-order valence-corrected chi connectivity index (χ3v) is 7.62. The Hall–Kier alpha value is -2.48. The molecule has 0 aliphatic carbocycles. The number of aryl methyl sites for hydroxylation is 2. The quantitative estimate of drug-likeness (QED) is 0.167. The van der Waals surface area contributed by atoms with Crippen molar-refractivity contribution in [3.05, 3.63) is 87.5 Å². The van der Waals surface area contributed by atoms with Crippen LogP contribution in [0.4, 0.5) is 0 Å². The molecule has 2 heteroatoms. The molecule has 0 bridgehead atoms. The molecule has 2 aromatic carbocycles. The van der Waals surface area contributed by atoms with Crippen LogP contribution in [0.3, 0.4) is 0 Å². The first-order valence-corrected chi connectivity index (χ1v) is 14.8. The third-order valence-electron chi connectivity index (χ3n) is 7.62. The van der Waals surface area contributed by atoms with Gasteiger partial charge in [0, 0.05) is 22.3 Å². The van der Waals surface area contributed by atoms with E-state index in [1.54, 1.807) is 0 Å². The molecule has 0 aromatic heterocycles. The van der Waals surface area contributed by atoms with Crippen molar-refractivity contribution >= 4 is 11.4 Å². The van der Waals surface area contributed by atoms with E-state index in [0.717, 1.165) is 48.2 Å². The zero-order valence-electron chi connectivity index (χ0n) is 23.4.